The largest absolute Gasteiger partial charge is 0.310 e. The zero-order valence-electron chi connectivity index (χ0n) is 24.3. The van der Waals surface area contributed by atoms with E-state index in [-0.39, 0.29) is 0 Å². The van der Waals surface area contributed by atoms with Crippen molar-refractivity contribution in [1.29, 1.82) is 0 Å². The van der Waals surface area contributed by atoms with Gasteiger partial charge in [-0.1, -0.05) is 115 Å². The highest BCUT2D eigenvalue weighted by molar-refractivity contribution is 6.16. The maximum absolute atomic E-state index is 2.46. The fraction of sp³-hybridized carbons (Fsp3) is 0.0476. The molecule has 208 valence electrons. The molecule has 0 amide bonds. The van der Waals surface area contributed by atoms with E-state index in [1.807, 2.05) is 0 Å². The Morgan fingerprint density at radius 1 is 0.432 bits per heavy atom. The minimum Gasteiger partial charge on any atom is -0.310 e. The fourth-order valence-corrected chi connectivity index (χ4v) is 7.16. The second-order valence-corrected chi connectivity index (χ2v) is 11.7. The highest BCUT2D eigenvalue weighted by Crippen LogP contribution is 2.41. The lowest BCUT2D eigenvalue weighted by Crippen LogP contribution is -1.97. The lowest BCUT2D eigenvalue weighted by Gasteiger charge is -2.14. The molecule has 0 fully saturated rings. The van der Waals surface area contributed by atoms with Crippen LogP contribution >= 0.6 is 0 Å². The lowest BCUT2D eigenvalue weighted by atomic mass is 9.99. The summed E-state index contributed by atoms with van der Waals surface area (Å²) in [6.45, 7) is 0. The molecule has 0 N–H and O–H groups in total. The van der Waals surface area contributed by atoms with Crippen LogP contribution in [0, 0.1) is 0 Å². The van der Waals surface area contributed by atoms with Crippen LogP contribution in [0.5, 0.6) is 0 Å². The average molecular weight is 563 g/mol. The number of benzene rings is 6. The fourth-order valence-electron chi connectivity index (χ4n) is 7.16. The van der Waals surface area contributed by atoms with Crippen LogP contribution in [-0.2, 0) is 0 Å². The second kappa shape index (κ2) is 10.00. The molecule has 1 aliphatic rings. The minimum absolute atomic E-state index is 1.08. The molecule has 0 radical (unpaired) electrons. The Morgan fingerprint density at radius 2 is 1.11 bits per heavy atom. The summed E-state index contributed by atoms with van der Waals surface area (Å²) in [5.74, 6) is 0. The van der Waals surface area contributed by atoms with Crippen LogP contribution in [0.15, 0.2) is 158 Å². The summed E-state index contributed by atoms with van der Waals surface area (Å²) >= 11 is 0. The van der Waals surface area contributed by atoms with Gasteiger partial charge in [0, 0.05) is 38.5 Å². The molecule has 0 atom stereocenters. The van der Waals surface area contributed by atoms with Gasteiger partial charge in [0.2, 0.25) is 0 Å². The predicted molar refractivity (Wildman–Crippen MR) is 187 cm³/mol. The molecule has 0 saturated heterocycles. The summed E-state index contributed by atoms with van der Waals surface area (Å²) in [4.78, 5) is 0. The second-order valence-electron chi connectivity index (χ2n) is 11.7. The third-order valence-electron chi connectivity index (χ3n) is 9.12. The molecule has 9 rings (SSSR count). The quantitative estimate of drug-likeness (QED) is 0.202. The van der Waals surface area contributed by atoms with E-state index in [1.54, 1.807) is 0 Å². The molecule has 6 aromatic carbocycles. The first-order chi connectivity index (χ1) is 21.8. The van der Waals surface area contributed by atoms with Crippen LogP contribution in [0.4, 0.5) is 0 Å². The van der Waals surface area contributed by atoms with E-state index in [0.717, 1.165) is 12.8 Å². The minimum atomic E-state index is 1.08. The van der Waals surface area contributed by atoms with Crippen molar-refractivity contribution in [2.45, 2.75) is 12.8 Å². The third-order valence-corrected chi connectivity index (χ3v) is 9.12. The van der Waals surface area contributed by atoms with Crippen molar-refractivity contribution < 1.29 is 0 Å². The van der Waals surface area contributed by atoms with E-state index in [0.29, 0.717) is 0 Å². The SMILES string of the molecule is C1=CC(n2c3ccccc3c3cc(-c4cccc5c6ccccc6n(-c6cccc(-c7ccccc7)c6)c45)ccc32)=CCC1. The molecule has 0 spiro atoms. The summed E-state index contributed by atoms with van der Waals surface area (Å²) < 4.78 is 4.88. The average Bonchev–Trinajstić information content (AvgIpc) is 3.62. The van der Waals surface area contributed by atoms with Gasteiger partial charge in [0.1, 0.15) is 0 Å². The molecule has 2 heterocycles. The predicted octanol–water partition coefficient (Wildman–Crippen LogP) is 11.4. The zero-order chi connectivity index (χ0) is 29.0. The summed E-state index contributed by atoms with van der Waals surface area (Å²) in [5.41, 5.74) is 12.3. The van der Waals surface area contributed by atoms with Crippen LogP contribution in [0.2, 0.25) is 0 Å². The number of para-hydroxylation sites is 3. The van der Waals surface area contributed by atoms with Gasteiger partial charge in [-0.2, -0.15) is 0 Å². The van der Waals surface area contributed by atoms with E-state index in [1.165, 1.54) is 77.2 Å². The zero-order valence-corrected chi connectivity index (χ0v) is 24.3. The molecule has 0 aliphatic heterocycles. The van der Waals surface area contributed by atoms with Gasteiger partial charge < -0.3 is 9.13 Å². The standard InChI is InChI=1S/C42H30N2/c1-3-13-29(14-4-1)30-15-11-18-33(27-30)44-40-24-10-7-19-35(40)37-22-12-21-34(42(37)44)31-25-26-41-38(28-31)36-20-8-9-23-39(36)43(41)32-16-5-2-6-17-32/h1,3-5,7-28H,2,6H2. The van der Waals surface area contributed by atoms with Gasteiger partial charge in [0.25, 0.3) is 0 Å². The Labute approximate surface area is 256 Å². The highest BCUT2D eigenvalue weighted by Gasteiger charge is 2.19. The van der Waals surface area contributed by atoms with Gasteiger partial charge in [-0.15, -0.1) is 0 Å². The lowest BCUT2D eigenvalue weighted by molar-refractivity contribution is 1.02. The van der Waals surface area contributed by atoms with Crippen LogP contribution < -0.4 is 0 Å². The Balaban J connectivity index is 1.32. The van der Waals surface area contributed by atoms with Crippen molar-refractivity contribution in [3.8, 4) is 27.9 Å². The van der Waals surface area contributed by atoms with Gasteiger partial charge in [0.15, 0.2) is 0 Å². The van der Waals surface area contributed by atoms with Crippen molar-refractivity contribution in [3.63, 3.8) is 0 Å². The van der Waals surface area contributed by atoms with Crippen molar-refractivity contribution in [1.82, 2.24) is 9.13 Å². The van der Waals surface area contributed by atoms with Crippen LogP contribution in [0.25, 0.3) is 77.2 Å². The Bertz CT molecular complexity index is 2430. The maximum Gasteiger partial charge on any atom is 0.0619 e. The third kappa shape index (κ3) is 3.81. The van der Waals surface area contributed by atoms with Gasteiger partial charge >= 0.3 is 0 Å². The molecule has 0 bridgehead atoms. The van der Waals surface area contributed by atoms with Crippen LogP contribution in [0.3, 0.4) is 0 Å². The number of aromatic nitrogens is 2. The number of rotatable bonds is 4. The van der Waals surface area contributed by atoms with E-state index >= 15 is 0 Å². The molecule has 0 unspecified atom stereocenters. The molecule has 8 aromatic rings. The van der Waals surface area contributed by atoms with Gasteiger partial charge in [0.05, 0.1) is 22.1 Å². The van der Waals surface area contributed by atoms with Gasteiger partial charge in [-0.3, -0.25) is 0 Å². The number of hydrogen-bond donors (Lipinski definition) is 0. The number of fused-ring (bicyclic) bond motifs is 6. The molecule has 1 aliphatic carbocycles. The molecule has 2 nitrogen and oxygen atoms in total. The van der Waals surface area contributed by atoms with Gasteiger partial charge in [-0.25, -0.2) is 0 Å². The first kappa shape index (κ1) is 24.9. The van der Waals surface area contributed by atoms with Crippen molar-refractivity contribution in [2.24, 2.45) is 0 Å². The summed E-state index contributed by atoms with van der Waals surface area (Å²) in [6, 6.07) is 51.0. The number of hydrogen-bond acceptors (Lipinski definition) is 0. The molecule has 0 saturated carbocycles. The normalized spacial score (nSPS) is 13.3. The molecule has 2 heteroatoms. The molecule has 44 heavy (non-hydrogen) atoms. The van der Waals surface area contributed by atoms with Crippen molar-refractivity contribution in [2.75, 3.05) is 0 Å². The number of nitrogens with zero attached hydrogens (tertiary/aromatic N) is 2. The maximum atomic E-state index is 2.46. The number of allylic oxidation sites excluding steroid dienone is 4. The summed E-state index contributed by atoms with van der Waals surface area (Å²) in [6.07, 6.45) is 9.11. The van der Waals surface area contributed by atoms with Crippen molar-refractivity contribution >= 4 is 49.3 Å². The van der Waals surface area contributed by atoms with Gasteiger partial charge in [-0.05, 0) is 72.0 Å². The summed E-state index contributed by atoms with van der Waals surface area (Å²) in [5, 5.41) is 5.10. The first-order valence-electron chi connectivity index (χ1n) is 15.4. The topological polar surface area (TPSA) is 9.86 Å². The Hall–Kier alpha value is -5.60. The Kier molecular flexibility index (Phi) is 5.67. The monoisotopic (exact) mass is 562 g/mol. The smallest absolute Gasteiger partial charge is 0.0619 e. The van der Waals surface area contributed by atoms with Crippen LogP contribution in [0.1, 0.15) is 12.8 Å². The first-order valence-corrected chi connectivity index (χ1v) is 15.4. The highest BCUT2D eigenvalue weighted by atomic mass is 15.0. The molecule has 2 aromatic heterocycles. The van der Waals surface area contributed by atoms with E-state index < -0.39 is 0 Å². The van der Waals surface area contributed by atoms with Crippen molar-refractivity contribution in [3.05, 3.63) is 158 Å². The molecular formula is C42H30N2. The van der Waals surface area contributed by atoms with E-state index in [9.17, 15) is 0 Å². The van der Waals surface area contributed by atoms with E-state index in [2.05, 4.69) is 167 Å². The van der Waals surface area contributed by atoms with E-state index in [4.69, 9.17) is 0 Å². The molecular weight excluding hydrogens is 532 g/mol. The summed E-state index contributed by atoms with van der Waals surface area (Å²) in [7, 11) is 0. The Morgan fingerprint density at radius 3 is 1.93 bits per heavy atom. The van der Waals surface area contributed by atoms with Crippen LogP contribution in [-0.4, -0.2) is 9.13 Å².